The number of benzene rings is 6. The van der Waals surface area contributed by atoms with E-state index in [0.717, 1.165) is 94.1 Å². The highest BCUT2D eigenvalue weighted by molar-refractivity contribution is 6.19. The van der Waals surface area contributed by atoms with Crippen molar-refractivity contribution in [2.75, 3.05) is 0 Å². The van der Waals surface area contributed by atoms with E-state index in [0.29, 0.717) is 5.82 Å². The van der Waals surface area contributed by atoms with Crippen molar-refractivity contribution in [2.45, 2.75) is 0 Å². The number of hydrogen-bond donors (Lipinski definition) is 0. The van der Waals surface area contributed by atoms with Gasteiger partial charge in [0, 0.05) is 43.8 Å². The molecule has 5 nitrogen and oxygen atoms in total. The van der Waals surface area contributed by atoms with Gasteiger partial charge in [-0.2, -0.15) is 0 Å². The van der Waals surface area contributed by atoms with Crippen LogP contribution in [0.3, 0.4) is 0 Å². The summed E-state index contributed by atoms with van der Waals surface area (Å²) in [6.07, 6.45) is 0. The third-order valence-electron chi connectivity index (χ3n) is 9.09. The van der Waals surface area contributed by atoms with Crippen LogP contribution < -0.4 is 0 Å². The van der Waals surface area contributed by atoms with Gasteiger partial charge in [-0.15, -0.1) is 0 Å². The quantitative estimate of drug-likeness (QED) is 0.197. The van der Waals surface area contributed by atoms with Crippen LogP contribution in [0.4, 0.5) is 0 Å². The second-order valence-electron chi connectivity index (χ2n) is 12.0. The van der Waals surface area contributed by atoms with Gasteiger partial charge < -0.3 is 8.83 Å². The summed E-state index contributed by atoms with van der Waals surface area (Å²) in [6.45, 7) is 0. The summed E-state index contributed by atoms with van der Waals surface area (Å²) in [5.74, 6) is 0.637. The average molecular weight is 616 g/mol. The standard InChI is InChI=1S/C43H25N3O2/c1-3-12-26(13-4-1)34-25-35(46-43(45-34)31-18-11-21-38-39(31)30-17-8-10-20-36(30)47-38)28-22-23-37-32(24-28)40-41(27-14-5-2-6-15-27)44-33-19-9-7-16-29(33)42(40)48-37/h1-25H. The molecule has 4 aromatic heterocycles. The van der Waals surface area contributed by atoms with Crippen molar-refractivity contribution in [1.29, 1.82) is 0 Å². The summed E-state index contributed by atoms with van der Waals surface area (Å²) >= 11 is 0. The lowest BCUT2D eigenvalue weighted by Gasteiger charge is -2.10. The van der Waals surface area contributed by atoms with E-state index < -0.39 is 0 Å². The van der Waals surface area contributed by atoms with Gasteiger partial charge in [0.15, 0.2) is 5.82 Å². The summed E-state index contributed by atoms with van der Waals surface area (Å²) in [5, 5.41) is 5.01. The molecule has 0 N–H and O–H groups in total. The highest BCUT2D eigenvalue weighted by Gasteiger charge is 2.20. The highest BCUT2D eigenvalue weighted by atomic mass is 16.3. The van der Waals surface area contributed by atoms with Gasteiger partial charge in [-0.25, -0.2) is 15.0 Å². The van der Waals surface area contributed by atoms with Crippen molar-refractivity contribution in [3.63, 3.8) is 0 Å². The van der Waals surface area contributed by atoms with E-state index in [1.807, 2.05) is 91.0 Å². The molecule has 0 aliphatic carbocycles. The topological polar surface area (TPSA) is 65.0 Å². The van der Waals surface area contributed by atoms with Crippen LogP contribution >= 0.6 is 0 Å². The Kier molecular flexibility index (Phi) is 5.81. The van der Waals surface area contributed by atoms with Crippen molar-refractivity contribution in [1.82, 2.24) is 15.0 Å². The predicted octanol–water partition coefficient (Wildman–Crippen LogP) is 11.5. The summed E-state index contributed by atoms with van der Waals surface area (Å²) in [6, 6.07) is 51.3. The molecule has 224 valence electrons. The van der Waals surface area contributed by atoms with Crippen molar-refractivity contribution >= 4 is 54.8 Å². The molecule has 0 aliphatic heterocycles. The van der Waals surface area contributed by atoms with Crippen molar-refractivity contribution < 1.29 is 8.83 Å². The number of pyridine rings is 1. The third-order valence-corrected chi connectivity index (χ3v) is 9.09. The number of para-hydroxylation sites is 2. The van der Waals surface area contributed by atoms with Crippen molar-refractivity contribution in [3.8, 4) is 45.2 Å². The minimum absolute atomic E-state index is 0.637. The molecule has 4 heterocycles. The van der Waals surface area contributed by atoms with Gasteiger partial charge in [-0.1, -0.05) is 103 Å². The van der Waals surface area contributed by atoms with Gasteiger partial charge in [-0.3, -0.25) is 0 Å². The lowest BCUT2D eigenvalue weighted by atomic mass is 10.00. The molecule has 10 rings (SSSR count). The lowest BCUT2D eigenvalue weighted by Crippen LogP contribution is -1.96. The van der Waals surface area contributed by atoms with E-state index >= 15 is 0 Å². The lowest BCUT2D eigenvalue weighted by molar-refractivity contribution is 0.669. The zero-order valence-electron chi connectivity index (χ0n) is 25.6. The van der Waals surface area contributed by atoms with Crippen molar-refractivity contribution in [3.05, 3.63) is 152 Å². The summed E-state index contributed by atoms with van der Waals surface area (Å²) in [4.78, 5) is 15.5. The second kappa shape index (κ2) is 10.5. The SMILES string of the molecule is c1ccc(-c2cc(-c3ccc4oc5c6ccccc6nc(-c6ccccc6)c5c4c3)nc(-c3cccc4oc5ccccc5c34)n2)cc1. The first-order valence-corrected chi connectivity index (χ1v) is 15.9. The normalized spacial score (nSPS) is 11.8. The molecule has 0 aliphatic rings. The monoisotopic (exact) mass is 615 g/mol. The van der Waals surface area contributed by atoms with Crippen LogP contribution in [0.15, 0.2) is 160 Å². The van der Waals surface area contributed by atoms with E-state index in [-0.39, 0.29) is 0 Å². The maximum Gasteiger partial charge on any atom is 0.161 e. The van der Waals surface area contributed by atoms with Gasteiger partial charge >= 0.3 is 0 Å². The fraction of sp³-hybridized carbons (Fsp3) is 0. The molecule has 0 radical (unpaired) electrons. The molecule has 0 saturated carbocycles. The maximum absolute atomic E-state index is 6.60. The maximum atomic E-state index is 6.60. The van der Waals surface area contributed by atoms with Crippen LogP contribution in [0.1, 0.15) is 0 Å². The zero-order chi connectivity index (χ0) is 31.6. The van der Waals surface area contributed by atoms with Crippen LogP contribution in [0, 0.1) is 0 Å². The van der Waals surface area contributed by atoms with E-state index in [4.69, 9.17) is 23.8 Å². The molecule has 0 spiro atoms. The Bertz CT molecular complexity index is 2840. The van der Waals surface area contributed by atoms with Gasteiger partial charge in [-0.05, 0) is 48.5 Å². The number of rotatable bonds is 4. The minimum atomic E-state index is 0.637. The molecule has 0 amide bonds. The molecular weight excluding hydrogens is 590 g/mol. The highest BCUT2D eigenvalue weighted by Crippen LogP contribution is 2.42. The zero-order valence-corrected chi connectivity index (χ0v) is 25.6. The number of nitrogens with zero attached hydrogens (tertiary/aromatic N) is 3. The average Bonchev–Trinajstić information content (AvgIpc) is 3.74. The fourth-order valence-electron chi connectivity index (χ4n) is 6.86. The predicted molar refractivity (Wildman–Crippen MR) is 194 cm³/mol. The molecule has 0 unspecified atom stereocenters. The molecule has 5 heteroatoms. The fourth-order valence-corrected chi connectivity index (χ4v) is 6.86. The Hall–Kier alpha value is -6.59. The van der Waals surface area contributed by atoms with Crippen LogP contribution in [-0.2, 0) is 0 Å². The van der Waals surface area contributed by atoms with E-state index in [2.05, 4.69) is 60.7 Å². The van der Waals surface area contributed by atoms with E-state index in [1.54, 1.807) is 0 Å². The van der Waals surface area contributed by atoms with Gasteiger partial charge in [0.2, 0.25) is 0 Å². The summed E-state index contributed by atoms with van der Waals surface area (Å²) < 4.78 is 12.8. The molecular formula is C43H25N3O2. The molecule has 0 fully saturated rings. The van der Waals surface area contributed by atoms with Crippen LogP contribution in [0.25, 0.3) is 99.9 Å². The van der Waals surface area contributed by atoms with Gasteiger partial charge in [0.1, 0.15) is 22.3 Å². The molecule has 10 aromatic rings. The number of furan rings is 2. The molecule has 0 bridgehead atoms. The summed E-state index contributed by atoms with van der Waals surface area (Å²) in [7, 11) is 0. The number of fused-ring (bicyclic) bond motifs is 8. The van der Waals surface area contributed by atoms with Crippen LogP contribution in [0.5, 0.6) is 0 Å². The third kappa shape index (κ3) is 4.15. The van der Waals surface area contributed by atoms with Crippen LogP contribution in [-0.4, -0.2) is 15.0 Å². The second-order valence-corrected chi connectivity index (χ2v) is 12.0. The van der Waals surface area contributed by atoms with Gasteiger partial charge in [0.05, 0.1) is 28.0 Å². The Morgan fingerprint density at radius 2 is 1.06 bits per heavy atom. The first kappa shape index (κ1) is 26.6. The Morgan fingerprint density at radius 3 is 1.90 bits per heavy atom. The number of hydrogen-bond acceptors (Lipinski definition) is 5. The molecule has 48 heavy (non-hydrogen) atoms. The Balaban J connectivity index is 1.25. The number of aromatic nitrogens is 3. The summed E-state index contributed by atoms with van der Waals surface area (Å²) in [5.41, 5.74) is 10.7. The Labute approximate surface area is 274 Å². The molecule has 0 saturated heterocycles. The first-order chi connectivity index (χ1) is 23.8. The molecule has 6 aromatic carbocycles. The van der Waals surface area contributed by atoms with Gasteiger partial charge in [0.25, 0.3) is 0 Å². The smallest absolute Gasteiger partial charge is 0.161 e. The first-order valence-electron chi connectivity index (χ1n) is 15.9. The van der Waals surface area contributed by atoms with Crippen LogP contribution in [0.2, 0.25) is 0 Å². The molecule has 0 atom stereocenters. The van der Waals surface area contributed by atoms with E-state index in [9.17, 15) is 0 Å². The largest absolute Gasteiger partial charge is 0.456 e. The van der Waals surface area contributed by atoms with Crippen molar-refractivity contribution in [2.24, 2.45) is 0 Å². The van der Waals surface area contributed by atoms with E-state index in [1.165, 1.54) is 0 Å². The minimum Gasteiger partial charge on any atom is -0.456 e. The Morgan fingerprint density at radius 1 is 0.396 bits per heavy atom.